The van der Waals surface area contributed by atoms with E-state index in [2.05, 4.69) is 17.4 Å². The number of hydrogen-bond acceptors (Lipinski definition) is 13. The number of rotatable bonds is 6. The lowest BCUT2D eigenvalue weighted by atomic mass is 9.79. The van der Waals surface area contributed by atoms with Gasteiger partial charge < -0.3 is 43.2 Å². The number of methoxy groups -OCH3 is 2. The number of dihydropyridines is 1. The third-order valence-corrected chi connectivity index (χ3v) is 9.73. The fourth-order valence-electron chi connectivity index (χ4n) is 7.38. The Morgan fingerprint density at radius 1 is 0.725 bits per heavy atom. The van der Waals surface area contributed by atoms with E-state index in [0.717, 1.165) is 34.1 Å². The number of nitro benzene ring substituents is 1. The van der Waals surface area contributed by atoms with Crippen molar-refractivity contribution < 1.29 is 52.4 Å². The number of nitrogens with one attached hydrogen (secondary N) is 1. The van der Waals surface area contributed by atoms with Gasteiger partial charge in [0.1, 0.15) is 0 Å². The van der Waals surface area contributed by atoms with Gasteiger partial charge >= 0.3 is 11.9 Å². The molecule has 1 N–H and O–H groups in total. The summed E-state index contributed by atoms with van der Waals surface area (Å²) < 4.78 is 43.8. The van der Waals surface area contributed by atoms with E-state index in [-0.39, 0.29) is 48.2 Å². The van der Waals surface area contributed by atoms with E-state index in [4.69, 9.17) is 37.9 Å². The van der Waals surface area contributed by atoms with E-state index < -0.39 is 22.8 Å². The Bertz CT molecular complexity index is 1850. The van der Waals surface area contributed by atoms with E-state index in [0.29, 0.717) is 36.4 Å². The van der Waals surface area contributed by atoms with Crippen LogP contribution in [-0.4, -0.2) is 57.9 Å². The fraction of sp³-hybridized carbons (Fsp3) is 0.351. The number of fused-ring (bicyclic) bond motifs is 3. The summed E-state index contributed by atoms with van der Waals surface area (Å²) in [5, 5.41) is 14.4. The Labute approximate surface area is 293 Å². The first-order valence-electron chi connectivity index (χ1n) is 16.3. The molecule has 266 valence electrons. The maximum absolute atomic E-state index is 12.3. The van der Waals surface area contributed by atoms with Gasteiger partial charge in [0, 0.05) is 34.9 Å². The monoisotopic (exact) mass is 700 g/mol. The van der Waals surface area contributed by atoms with Crippen LogP contribution in [0.3, 0.4) is 0 Å². The van der Waals surface area contributed by atoms with Crippen LogP contribution >= 0.6 is 0 Å². The fourth-order valence-corrected chi connectivity index (χ4v) is 7.38. The van der Waals surface area contributed by atoms with E-state index >= 15 is 0 Å². The Balaban J connectivity index is 0.000000160. The predicted octanol–water partition coefficient (Wildman–Crippen LogP) is 5.39. The molecular weight excluding hydrogens is 664 g/mol. The molecule has 5 aliphatic rings. The van der Waals surface area contributed by atoms with E-state index in [1.54, 1.807) is 19.9 Å². The number of carbonyl (C=O) groups excluding carboxylic acids is 2. The molecule has 0 amide bonds. The van der Waals surface area contributed by atoms with Crippen LogP contribution in [0.2, 0.25) is 0 Å². The highest BCUT2D eigenvalue weighted by atomic mass is 16.7. The molecule has 2 fully saturated rings. The highest BCUT2D eigenvalue weighted by Crippen LogP contribution is 2.52. The number of carbonyl (C=O) groups is 2. The molecule has 14 heteroatoms. The summed E-state index contributed by atoms with van der Waals surface area (Å²) in [6.45, 7) is 5.22. The average Bonchev–Trinajstić information content (AvgIpc) is 3.95. The average molecular weight is 701 g/mol. The number of benzene rings is 3. The van der Waals surface area contributed by atoms with Gasteiger partial charge in [-0.2, -0.15) is 0 Å². The van der Waals surface area contributed by atoms with E-state index in [9.17, 15) is 19.7 Å². The molecule has 0 aliphatic carbocycles. The summed E-state index contributed by atoms with van der Waals surface area (Å²) in [5.74, 6) is 1.50. The third-order valence-electron chi connectivity index (χ3n) is 9.73. The van der Waals surface area contributed by atoms with Crippen LogP contribution in [0.25, 0.3) is 0 Å². The zero-order chi connectivity index (χ0) is 35.8. The summed E-state index contributed by atoms with van der Waals surface area (Å²) in [4.78, 5) is 35.6. The summed E-state index contributed by atoms with van der Waals surface area (Å²) in [5.41, 5.74) is 3.44. The Morgan fingerprint density at radius 3 is 1.67 bits per heavy atom. The molecule has 2 saturated heterocycles. The SMILES string of the molecule is COC(=O)C1=C(C)NC(C)=C(C(=O)OC)C1c1ccccc1[N+](=O)[O-].c1cc2c(cc1C1OCC3C(c4ccc5c(c4)OCO5)OCC13)OCO2. The van der Waals surface area contributed by atoms with Crippen molar-refractivity contribution in [3.63, 3.8) is 0 Å². The zero-order valence-corrected chi connectivity index (χ0v) is 28.3. The quantitative estimate of drug-likeness (QED) is 0.198. The van der Waals surface area contributed by atoms with Gasteiger partial charge in [0.05, 0.1) is 61.6 Å². The lowest BCUT2D eigenvalue weighted by Gasteiger charge is -2.29. The summed E-state index contributed by atoms with van der Waals surface area (Å²) >= 11 is 0. The Morgan fingerprint density at radius 2 is 1.20 bits per heavy atom. The highest BCUT2D eigenvalue weighted by molar-refractivity contribution is 6.00. The lowest BCUT2D eigenvalue weighted by Crippen LogP contribution is -2.32. The van der Waals surface area contributed by atoms with Crippen molar-refractivity contribution in [3.8, 4) is 23.0 Å². The molecular formula is C37H36N2O12. The van der Waals surface area contributed by atoms with Gasteiger partial charge in [0.15, 0.2) is 23.0 Å². The molecule has 3 aromatic rings. The molecule has 0 saturated carbocycles. The lowest BCUT2D eigenvalue weighted by molar-refractivity contribution is -0.385. The second-order valence-electron chi connectivity index (χ2n) is 12.5. The van der Waals surface area contributed by atoms with E-state index in [1.165, 1.54) is 32.4 Å². The van der Waals surface area contributed by atoms with Gasteiger partial charge in [-0.25, -0.2) is 9.59 Å². The van der Waals surface area contributed by atoms with E-state index in [1.807, 2.05) is 24.3 Å². The van der Waals surface area contributed by atoms with Crippen LogP contribution in [-0.2, 0) is 28.5 Å². The molecule has 14 nitrogen and oxygen atoms in total. The van der Waals surface area contributed by atoms with Crippen molar-refractivity contribution in [2.45, 2.75) is 32.0 Å². The van der Waals surface area contributed by atoms with Crippen molar-refractivity contribution in [2.75, 3.05) is 41.0 Å². The Hall–Kier alpha value is -5.60. The summed E-state index contributed by atoms with van der Waals surface area (Å²) in [7, 11) is 2.42. The smallest absolute Gasteiger partial charge is 0.336 e. The number of allylic oxidation sites excluding steroid dienone is 2. The maximum atomic E-state index is 12.3. The molecule has 3 aromatic carbocycles. The highest BCUT2D eigenvalue weighted by Gasteiger charge is 2.48. The Kier molecular flexibility index (Phi) is 9.27. The minimum absolute atomic E-state index is 0.0218. The standard InChI is InChI=1S/C20H18O6.C17H18N2O6/c1-3-15-17(25-9-23-15)5-11(1)19-13-7-22-20(14(13)8-21-19)12-2-4-16-18(6-12)26-10-24-16;1-9-13(16(20)24-3)15(14(10(2)18-9)17(21)25-4)11-7-5-6-8-12(11)19(22)23/h1-6,13-14,19-20H,7-10H2;5-8,15,18H,1-4H3. The molecule has 4 unspecified atom stereocenters. The van der Waals surface area contributed by atoms with Gasteiger partial charge in [-0.1, -0.05) is 30.3 Å². The maximum Gasteiger partial charge on any atom is 0.336 e. The predicted molar refractivity (Wildman–Crippen MR) is 178 cm³/mol. The van der Waals surface area contributed by atoms with Crippen molar-refractivity contribution in [3.05, 3.63) is 110 Å². The second-order valence-corrected chi connectivity index (χ2v) is 12.5. The zero-order valence-electron chi connectivity index (χ0n) is 28.3. The number of esters is 2. The van der Waals surface area contributed by atoms with Gasteiger partial charge in [0.25, 0.3) is 5.69 Å². The van der Waals surface area contributed by atoms with Gasteiger partial charge in [-0.15, -0.1) is 0 Å². The normalized spacial score (nSPS) is 22.9. The van der Waals surface area contributed by atoms with Gasteiger partial charge in [0.2, 0.25) is 13.6 Å². The minimum Gasteiger partial charge on any atom is -0.466 e. The number of hydrogen-bond donors (Lipinski definition) is 1. The van der Waals surface area contributed by atoms with Crippen LogP contribution in [0.5, 0.6) is 23.0 Å². The molecule has 4 atom stereocenters. The molecule has 51 heavy (non-hydrogen) atoms. The number of nitrogens with zero attached hydrogens (tertiary/aromatic N) is 1. The first-order chi connectivity index (χ1) is 24.7. The first-order valence-corrected chi connectivity index (χ1v) is 16.3. The first kappa shape index (κ1) is 33.9. The topological polar surface area (TPSA) is 163 Å². The number of nitro groups is 1. The van der Waals surface area contributed by atoms with Crippen LogP contribution < -0.4 is 24.3 Å². The number of para-hydroxylation sites is 1. The van der Waals surface area contributed by atoms with Gasteiger partial charge in [-0.3, -0.25) is 10.1 Å². The van der Waals surface area contributed by atoms with Crippen LogP contribution in [0.15, 0.2) is 83.2 Å². The molecule has 5 heterocycles. The molecule has 5 aliphatic heterocycles. The number of ether oxygens (including phenoxy) is 8. The van der Waals surface area contributed by atoms with Crippen LogP contribution in [0.1, 0.15) is 48.7 Å². The summed E-state index contributed by atoms with van der Waals surface area (Å²) in [6, 6.07) is 18.1. The largest absolute Gasteiger partial charge is 0.466 e. The molecule has 0 aromatic heterocycles. The van der Waals surface area contributed by atoms with Crippen molar-refractivity contribution >= 4 is 17.6 Å². The van der Waals surface area contributed by atoms with Crippen molar-refractivity contribution in [1.82, 2.24) is 5.32 Å². The molecule has 8 rings (SSSR count). The summed E-state index contributed by atoms with van der Waals surface area (Å²) in [6.07, 6.45) is 0.0435. The van der Waals surface area contributed by atoms with Gasteiger partial charge in [-0.05, 0) is 49.2 Å². The van der Waals surface area contributed by atoms with Crippen molar-refractivity contribution in [2.24, 2.45) is 11.8 Å². The minimum atomic E-state index is -0.970. The van der Waals surface area contributed by atoms with Crippen molar-refractivity contribution in [1.29, 1.82) is 0 Å². The third kappa shape index (κ3) is 6.21. The molecule has 0 radical (unpaired) electrons. The van der Waals surface area contributed by atoms with Crippen LogP contribution in [0, 0.1) is 22.0 Å². The molecule has 0 bridgehead atoms. The molecule has 0 spiro atoms. The second kappa shape index (κ2) is 14.0. The van der Waals surface area contributed by atoms with Crippen LogP contribution in [0.4, 0.5) is 5.69 Å².